The fourth-order valence-corrected chi connectivity index (χ4v) is 4.68. The molecule has 2 N–H and O–H groups in total. The molecule has 1 fully saturated rings. The lowest BCUT2D eigenvalue weighted by atomic mass is 10.1. The maximum absolute atomic E-state index is 13.0. The number of hydrogen-bond donors (Lipinski definition) is 2. The highest BCUT2D eigenvalue weighted by molar-refractivity contribution is 7.89. The van der Waals surface area contributed by atoms with Crippen molar-refractivity contribution in [1.29, 1.82) is 0 Å². The lowest BCUT2D eigenvalue weighted by molar-refractivity contribution is 0.510. The highest BCUT2D eigenvalue weighted by Crippen LogP contribution is 2.26. The summed E-state index contributed by atoms with van der Waals surface area (Å²) in [4.78, 5) is 3.01. The Morgan fingerprint density at radius 3 is 2.43 bits per heavy atom. The molecular weight excluding hydrogens is 383 g/mol. The van der Waals surface area contributed by atoms with E-state index >= 15 is 0 Å². The number of aromatic amines is 1. The van der Waals surface area contributed by atoms with Gasteiger partial charge in [0.2, 0.25) is 15.9 Å². The predicted octanol–water partition coefficient (Wildman–Crippen LogP) is 3.87. The summed E-state index contributed by atoms with van der Waals surface area (Å²) in [5, 5.41) is 7.90. The smallest absolute Gasteiger partial charge is 0.264 e. The molecule has 1 saturated carbocycles. The number of H-pyrrole nitrogens is 1. The summed E-state index contributed by atoms with van der Waals surface area (Å²) in [6.07, 6.45) is 7.53. The van der Waals surface area contributed by atoms with E-state index in [1.54, 1.807) is 0 Å². The summed E-state index contributed by atoms with van der Waals surface area (Å²) in [6.45, 7) is 0. The van der Waals surface area contributed by atoms with E-state index in [9.17, 15) is 12.8 Å². The second-order valence-corrected chi connectivity index (χ2v) is 8.69. The van der Waals surface area contributed by atoms with Crippen molar-refractivity contribution in [2.75, 3.05) is 0 Å². The highest BCUT2D eigenvalue weighted by Gasteiger charge is 2.23. The van der Waals surface area contributed by atoms with Gasteiger partial charge in [-0.1, -0.05) is 25.7 Å². The average Bonchev–Trinajstić information content (AvgIpc) is 3.29. The molecule has 1 aliphatic rings. The van der Waals surface area contributed by atoms with Gasteiger partial charge in [-0.2, -0.15) is 0 Å². The Bertz CT molecular complexity index is 1040. The van der Waals surface area contributed by atoms with Gasteiger partial charge in [0.05, 0.1) is 0 Å². The van der Waals surface area contributed by atoms with E-state index < -0.39 is 10.0 Å². The van der Waals surface area contributed by atoms with Crippen molar-refractivity contribution in [3.05, 3.63) is 42.3 Å². The van der Waals surface area contributed by atoms with Gasteiger partial charge in [-0.15, -0.1) is 10.2 Å². The number of nitrogens with one attached hydrogen (secondary N) is 2. The molecule has 0 atom stereocenters. The molecule has 3 aromatic rings. The fourth-order valence-electron chi connectivity index (χ4n) is 3.38. The number of benzene rings is 1. The number of sulfonamides is 1. The normalized spacial score (nSPS) is 16.2. The first-order valence-electron chi connectivity index (χ1n) is 9.32. The zero-order valence-corrected chi connectivity index (χ0v) is 16.0. The summed E-state index contributed by atoms with van der Waals surface area (Å²) in [6, 6.07) is 7.12. The molecule has 1 aliphatic carbocycles. The molecule has 0 spiro atoms. The van der Waals surface area contributed by atoms with E-state index in [1.165, 1.54) is 36.5 Å². The Morgan fingerprint density at radius 1 is 1.04 bits per heavy atom. The van der Waals surface area contributed by atoms with Crippen molar-refractivity contribution in [3.8, 4) is 23.0 Å². The number of halogens is 1. The molecule has 0 aliphatic heterocycles. The minimum absolute atomic E-state index is 0.0284. The van der Waals surface area contributed by atoms with E-state index in [0.717, 1.165) is 38.5 Å². The van der Waals surface area contributed by atoms with Crippen LogP contribution in [0, 0.1) is 5.82 Å². The first-order chi connectivity index (χ1) is 13.5. The topological polar surface area (TPSA) is 101 Å². The molecule has 0 saturated heterocycles. The molecule has 0 radical (unpaired) electrons. The number of rotatable bonds is 5. The second-order valence-electron chi connectivity index (χ2n) is 6.98. The van der Waals surface area contributed by atoms with Crippen molar-refractivity contribution in [1.82, 2.24) is 19.9 Å². The van der Waals surface area contributed by atoms with Crippen LogP contribution in [-0.2, 0) is 10.0 Å². The van der Waals surface area contributed by atoms with Crippen LogP contribution in [0.3, 0.4) is 0 Å². The molecule has 148 valence electrons. The van der Waals surface area contributed by atoms with Crippen molar-refractivity contribution < 1.29 is 17.2 Å². The summed E-state index contributed by atoms with van der Waals surface area (Å²) in [5.41, 5.74) is 0.983. The van der Waals surface area contributed by atoms with Crippen molar-refractivity contribution in [2.45, 2.75) is 49.5 Å². The summed E-state index contributed by atoms with van der Waals surface area (Å²) < 4.78 is 46.8. The zero-order chi connectivity index (χ0) is 19.6. The van der Waals surface area contributed by atoms with Gasteiger partial charge in [-0.25, -0.2) is 17.5 Å². The van der Waals surface area contributed by atoms with Crippen molar-refractivity contribution in [2.24, 2.45) is 0 Å². The molecule has 4 rings (SSSR count). The van der Waals surface area contributed by atoms with Gasteiger partial charge in [0, 0.05) is 17.8 Å². The maximum Gasteiger partial charge on any atom is 0.264 e. The van der Waals surface area contributed by atoms with Gasteiger partial charge in [-0.3, -0.25) is 0 Å². The Labute approximate surface area is 162 Å². The fraction of sp³-hybridized carbons (Fsp3) is 0.368. The Hall–Kier alpha value is -2.52. The molecule has 0 bridgehead atoms. The molecule has 2 aromatic heterocycles. The van der Waals surface area contributed by atoms with Gasteiger partial charge in [-0.05, 0) is 43.2 Å². The zero-order valence-electron chi connectivity index (χ0n) is 15.2. The highest BCUT2D eigenvalue weighted by atomic mass is 32.2. The lowest BCUT2D eigenvalue weighted by Gasteiger charge is -2.15. The minimum atomic E-state index is -3.63. The number of nitrogens with zero attached hydrogens (tertiary/aromatic N) is 2. The molecular formula is C19H21FN4O3S. The van der Waals surface area contributed by atoms with E-state index in [-0.39, 0.29) is 28.5 Å². The van der Waals surface area contributed by atoms with Gasteiger partial charge in [0.25, 0.3) is 5.89 Å². The van der Waals surface area contributed by atoms with Crippen molar-refractivity contribution in [3.63, 3.8) is 0 Å². The van der Waals surface area contributed by atoms with E-state index in [4.69, 9.17) is 4.42 Å². The summed E-state index contributed by atoms with van der Waals surface area (Å²) in [5.74, 6) is 0.0321. The molecule has 0 amide bonds. The average molecular weight is 404 g/mol. The summed E-state index contributed by atoms with van der Waals surface area (Å²) in [7, 11) is -3.63. The maximum atomic E-state index is 13.0. The van der Waals surface area contributed by atoms with Crippen LogP contribution in [0.5, 0.6) is 0 Å². The monoisotopic (exact) mass is 404 g/mol. The molecule has 2 heterocycles. The van der Waals surface area contributed by atoms with Crippen LogP contribution in [0.1, 0.15) is 38.5 Å². The van der Waals surface area contributed by atoms with E-state index in [2.05, 4.69) is 19.9 Å². The third-order valence-corrected chi connectivity index (χ3v) is 6.39. The number of hydrogen-bond acceptors (Lipinski definition) is 5. The Kier molecular flexibility index (Phi) is 5.27. The van der Waals surface area contributed by atoms with Crippen LogP contribution in [0.2, 0.25) is 0 Å². The second kappa shape index (κ2) is 7.84. The largest absolute Gasteiger partial charge is 0.415 e. The van der Waals surface area contributed by atoms with Gasteiger partial charge in [0.15, 0.2) is 0 Å². The third kappa shape index (κ3) is 4.15. The standard InChI is InChI=1S/C19H21FN4O3S/c20-14-9-7-13(8-10-14)18-22-23-19(27-18)17-11-16(12-21-17)28(25,26)24-15-5-3-1-2-4-6-15/h7-12,15,21,24H,1-6H2. The van der Waals surface area contributed by atoms with Crippen LogP contribution in [0.4, 0.5) is 4.39 Å². The van der Waals surface area contributed by atoms with Gasteiger partial charge >= 0.3 is 0 Å². The molecule has 1 aromatic carbocycles. The van der Waals surface area contributed by atoms with E-state index in [1.807, 2.05) is 0 Å². The SMILES string of the molecule is O=S(=O)(NC1CCCCCC1)c1c[nH]c(-c2nnc(-c3ccc(F)cc3)o2)c1. The van der Waals surface area contributed by atoms with Crippen LogP contribution < -0.4 is 4.72 Å². The van der Waals surface area contributed by atoms with E-state index in [0.29, 0.717) is 11.3 Å². The van der Waals surface area contributed by atoms with Crippen molar-refractivity contribution >= 4 is 10.0 Å². The summed E-state index contributed by atoms with van der Waals surface area (Å²) >= 11 is 0. The Balaban J connectivity index is 1.51. The van der Waals surface area contributed by atoms with Crippen LogP contribution in [0.15, 0.2) is 45.8 Å². The quantitative estimate of drug-likeness (QED) is 0.629. The third-order valence-electron chi connectivity index (χ3n) is 4.89. The molecule has 9 heteroatoms. The first kappa shape index (κ1) is 18.8. The molecule has 0 unspecified atom stereocenters. The first-order valence-corrected chi connectivity index (χ1v) is 10.8. The lowest BCUT2D eigenvalue weighted by Crippen LogP contribution is -2.34. The van der Waals surface area contributed by atoms with Crippen LogP contribution >= 0.6 is 0 Å². The van der Waals surface area contributed by atoms with Crippen LogP contribution in [-0.4, -0.2) is 29.6 Å². The van der Waals surface area contributed by atoms with Crippen LogP contribution in [0.25, 0.3) is 23.0 Å². The minimum Gasteiger partial charge on any atom is -0.415 e. The predicted molar refractivity (Wildman–Crippen MR) is 101 cm³/mol. The Morgan fingerprint density at radius 2 is 1.71 bits per heavy atom. The molecule has 7 nitrogen and oxygen atoms in total. The molecule has 28 heavy (non-hydrogen) atoms. The van der Waals surface area contributed by atoms with Gasteiger partial charge < -0.3 is 9.40 Å². The van der Waals surface area contributed by atoms with Gasteiger partial charge in [0.1, 0.15) is 16.4 Å². The number of aromatic nitrogens is 3.